The Hall–Kier alpha value is -2.38. The second-order valence-corrected chi connectivity index (χ2v) is 8.67. The number of nitrogens with one attached hydrogen (secondary N) is 1. The fraction of sp³-hybridized carbons (Fsp3) is 0.565. The van der Waals surface area contributed by atoms with Crippen molar-refractivity contribution in [3.8, 4) is 0 Å². The van der Waals surface area contributed by atoms with E-state index in [4.69, 9.17) is 4.42 Å². The third-order valence-electron chi connectivity index (χ3n) is 6.67. The van der Waals surface area contributed by atoms with Crippen molar-refractivity contribution in [1.82, 2.24) is 15.1 Å². The molecular formula is C23H31N3O4. The number of furan rings is 1. The SMILES string of the molecule is CC(=O)N1CCN([C@@H]2CCC[C@@H](NC(=O)c3oc4cc(C)ccc4c3C)[C@H]2O)CC1. The number of nitrogens with zero attached hydrogens (tertiary/aromatic N) is 2. The van der Waals surface area contributed by atoms with Crippen molar-refractivity contribution in [3.05, 3.63) is 35.1 Å². The summed E-state index contributed by atoms with van der Waals surface area (Å²) in [5, 5.41) is 15.0. The Bertz CT molecular complexity index is 945. The van der Waals surface area contributed by atoms with Crippen LogP contribution in [0.1, 0.15) is 47.9 Å². The molecule has 4 rings (SSSR count). The van der Waals surface area contributed by atoms with E-state index >= 15 is 0 Å². The molecule has 30 heavy (non-hydrogen) atoms. The summed E-state index contributed by atoms with van der Waals surface area (Å²) < 4.78 is 5.85. The van der Waals surface area contributed by atoms with Crippen LogP contribution in [0.15, 0.2) is 22.6 Å². The minimum atomic E-state index is -0.640. The van der Waals surface area contributed by atoms with Gasteiger partial charge in [-0.05, 0) is 44.7 Å². The van der Waals surface area contributed by atoms with Gasteiger partial charge in [0.15, 0.2) is 5.76 Å². The summed E-state index contributed by atoms with van der Waals surface area (Å²) in [6, 6.07) is 5.61. The fourth-order valence-electron chi connectivity index (χ4n) is 4.86. The summed E-state index contributed by atoms with van der Waals surface area (Å²) in [5.74, 6) is 0.146. The van der Waals surface area contributed by atoms with Crippen LogP contribution in [0, 0.1) is 13.8 Å². The molecule has 1 saturated carbocycles. The number of aliphatic hydroxyl groups is 1. The van der Waals surface area contributed by atoms with Crippen molar-refractivity contribution >= 4 is 22.8 Å². The van der Waals surface area contributed by atoms with Crippen LogP contribution in [0.2, 0.25) is 0 Å². The number of hydrogen-bond acceptors (Lipinski definition) is 5. The van der Waals surface area contributed by atoms with Gasteiger partial charge in [-0.2, -0.15) is 0 Å². The lowest BCUT2D eigenvalue weighted by Gasteiger charge is -2.44. The smallest absolute Gasteiger partial charge is 0.287 e. The van der Waals surface area contributed by atoms with Crippen molar-refractivity contribution in [2.45, 2.75) is 58.2 Å². The molecule has 0 bridgehead atoms. The number of hydrogen-bond donors (Lipinski definition) is 2. The maximum atomic E-state index is 13.0. The van der Waals surface area contributed by atoms with E-state index in [1.54, 1.807) is 6.92 Å². The Morgan fingerprint density at radius 1 is 1.13 bits per heavy atom. The molecule has 0 unspecified atom stereocenters. The van der Waals surface area contributed by atoms with E-state index in [1.807, 2.05) is 36.9 Å². The van der Waals surface area contributed by atoms with Gasteiger partial charge in [-0.25, -0.2) is 0 Å². The van der Waals surface area contributed by atoms with Crippen LogP contribution < -0.4 is 5.32 Å². The third kappa shape index (κ3) is 3.96. The second kappa shape index (κ2) is 8.40. The molecule has 0 radical (unpaired) electrons. The van der Waals surface area contributed by atoms with E-state index in [0.717, 1.165) is 48.9 Å². The topological polar surface area (TPSA) is 86.0 Å². The highest BCUT2D eigenvalue weighted by Gasteiger charge is 2.38. The summed E-state index contributed by atoms with van der Waals surface area (Å²) in [7, 11) is 0. The number of carbonyl (C=O) groups is 2. The molecule has 7 nitrogen and oxygen atoms in total. The van der Waals surface area contributed by atoms with Crippen LogP contribution in [0.5, 0.6) is 0 Å². The van der Waals surface area contributed by atoms with Crippen molar-refractivity contribution in [2.24, 2.45) is 0 Å². The van der Waals surface area contributed by atoms with Gasteiger partial charge in [-0.15, -0.1) is 0 Å². The molecule has 2 heterocycles. The van der Waals surface area contributed by atoms with Crippen molar-refractivity contribution in [3.63, 3.8) is 0 Å². The molecule has 1 aliphatic heterocycles. The van der Waals surface area contributed by atoms with Crippen LogP contribution in [0.3, 0.4) is 0 Å². The van der Waals surface area contributed by atoms with Crippen molar-refractivity contribution in [2.75, 3.05) is 26.2 Å². The van der Waals surface area contributed by atoms with Crippen LogP contribution in [0.4, 0.5) is 0 Å². The number of fused-ring (bicyclic) bond motifs is 1. The molecule has 7 heteroatoms. The first-order valence-corrected chi connectivity index (χ1v) is 10.8. The first-order chi connectivity index (χ1) is 14.3. The number of aliphatic hydroxyl groups excluding tert-OH is 1. The summed E-state index contributed by atoms with van der Waals surface area (Å²) in [6.45, 7) is 8.36. The maximum Gasteiger partial charge on any atom is 0.287 e. The quantitative estimate of drug-likeness (QED) is 0.806. The largest absolute Gasteiger partial charge is 0.451 e. The molecule has 2 N–H and O–H groups in total. The van der Waals surface area contributed by atoms with E-state index in [0.29, 0.717) is 24.4 Å². The highest BCUT2D eigenvalue weighted by Crippen LogP contribution is 2.28. The van der Waals surface area contributed by atoms with Gasteiger partial charge in [0.2, 0.25) is 5.91 Å². The lowest BCUT2D eigenvalue weighted by molar-refractivity contribution is -0.131. The van der Waals surface area contributed by atoms with Crippen LogP contribution in [-0.4, -0.2) is 71.1 Å². The van der Waals surface area contributed by atoms with Gasteiger partial charge in [0, 0.05) is 50.1 Å². The van der Waals surface area contributed by atoms with Crippen LogP contribution >= 0.6 is 0 Å². The number of piperazine rings is 1. The molecule has 1 aliphatic carbocycles. The third-order valence-corrected chi connectivity index (χ3v) is 6.67. The molecule has 2 aliphatic rings. The predicted molar refractivity (Wildman–Crippen MR) is 114 cm³/mol. The first-order valence-electron chi connectivity index (χ1n) is 10.8. The fourth-order valence-corrected chi connectivity index (χ4v) is 4.86. The van der Waals surface area contributed by atoms with Gasteiger partial charge in [-0.1, -0.05) is 12.1 Å². The molecule has 0 spiro atoms. The highest BCUT2D eigenvalue weighted by atomic mass is 16.3. The lowest BCUT2D eigenvalue weighted by atomic mass is 9.86. The Labute approximate surface area is 177 Å². The Morgan fingerprint density at radius 3 is 2.57 bits per heavy atom. The van der Waals surface area contributed by atoms with Gasteiger partial charge < -0.3 is 19.7 Å². The van der Waals surface area contributed by atoms with E-state index < -0.39 is 6.10 Å². The Morgan fingerprint density at radius 2 is 1.87 bits per heavy atom. The minimum Gasteiger partial charge on any atom is -0.451 e. The molecular weight excluding hydrogens is 382 g/mol. The monoisotopic (exact) mass is 413 g/mol. The highest BCUT2D eigenvalue weighted by molar-refractivity contribution is 5.99. The van der Waals surface area contributed by atoms with Crippen molar-refractivity contribution < 1.29 is 19.1 Å². The van der Waals surface area contributed by atoms with E-state index in [2.05, 4.69) is 10.2 Å². The molecule has 1 saturated heterocycles. The predicted octanol–water partition coefficient (Wildman–Crippen LogP) is 2.23. The van der Waals surface area contributed by atoms with Crippen LogP contribution in [0.25, 0.3) is 11.0 Å². The summed E-state index contributed by atoms with van der Waals surface area (Å²) in [4.78, 5) is 28.6. The molecule has 2 fully saturated rings. The molecule has 2 amide bonds. The number of rotatable bonds is 3. The van der Waals surface area contributed by atoms with Gasteiger partial charge in [0.1, 0.15) is 5.58 Å². The van der Waals surface area contributed by atoms with Crippen LogP contribution in [-0.2, 0) is 4.79 Å². The second-order valence-electron chi connectivity index (χ2n) is 8.67. The maximum absolute atomic E-state index is 13.0. The lowest BCUT2D eigenvalue weighted by Crippen LogP contribution is -2.60. The molecule has 1 aromatic carbocycles. The zero-order valence-corrected chi connectivity index (χ0v) is 18.0. The zero-order valence-electron chi connectivity index (χ0n) is 18.0. The minimum absolute atomic E-state index is 0.00224. The van der Waals surface area contributed by atoms with E-state index in [-0.39, 0.29) is 23.9 Å². The summed E-state index contributed by atoms with van der Waals surface area (Å²) in [5.41, 5.74) is 2.62. The Balaban J connectivity index is 1.44. The van der Waals surface area contributed by atoms with Gasteiger partial charge in [0.05, 0.1) is 12.1 Å². The van der Waals surface area contributed by atoms with Crippen molar-refractivity contribution in [1.29, 1.82) is 0 Å². The number of benzene rings is 1. The van der Waals surface area contributed by atoms with E-state index in [1.165, 1.54) is 0 Å². The number of aryl methyl sites for hydroxylation is 2. The first kappa shape index (κ1) is 20.9. The zero-order chi connectivity index (χ0) is 21.4. The average molecular weight is 414 g/mol. The van der Waals surface area contributed by atoms with Gasteiger partial charge >= 0.3 is 0 Å². The molecule has 1 aromatic heterocycles. The van der Waals surface area contributed by atoms with Gasteiger partial charge in [-0.3, -0.25) is 14.5 Å². The number of amides is 2. The molecule has 3 atom stereocenters. The molecule has 2 aromatic rings. The average Bonchev–Trinajstić information content (AvgIpc) is 3.05. The standard InChI is InChI=1S/C23H31N3O4/c1-14-7-8-17-15(2)22(30-20(17)13-14)23(29)24-18-5-4-6-19(21(18)28)26-11-9-25(10-12-26)16(3)27/h7-8,13,18-19,21,28H,4-6,9-12H2,1-3H3,(H,24,29)/t18-,19-,21-/m1/s1. The normalized spacial score (nSPS) is 25.5. The van der Waals surface area contributed by atoms with Gasteiger partial charge in [0.25, 0.3) is 5.91 Å². The van der Waals surface area contributed by atoms with E-state index in [9.17, 15) is 14.7 Å². The summed E-state index contributed by atoms with van der Waals surface area (Å²) in [6.07, 6.45) is 1.95. The Kier molecular flexibility index (Phi) is 5.84. The summed E-state index contributed by atoms with van der Waals surface area (Å²) >= 11 is 0. The molecule has 162 valence electrons. The number of carbonyl (C=O) groups excluding carboxylic acids is 2.